The summed E-state index contributed by atoms with van der Waals surface area (Å²) in [5.74, 6) is -0.645. The van der Waals surface area contributed by atoms with Crippen molar-refractivity contribution in [2.45, 2.75) is 18.7 Å². The van der Waals surface area contributed by atoms with Gasteiger partial charge in [0.1, 0.15) is 5.58 Å². The number of carbonyl (C=O) groups excluding carboxylic acids is 2. The Labute approximate surface area is 210 Å². The first-order valence-corrected chi connectivity index (χ1v) is 13.0. The van der Waals surface area contributed by atoms with E-state index in [0.717, 1.165) is 0 Å². The lowest BCUT2D eigenvalue weighted by atomic mass is 10.1. The van der Waals surface area contributed by atoms with Crippen LogP contribution in [0, 0.1) is 0 Å². The maximum Gasteiger partial charge on any atom is 0.293 e. The number of nitrogens with zero attached hydrogens (tertiary/aromatic N) is 1. The van der Waals surface area contributed by atoms with E-state index in [2.05, 4.69) is 10.6 Å². The lowest BCUT2D eigenvalue weighted by Gasteiger charge is -2.18. The molecular weight excluding hydrogens is 478 g/mol. The molecule has 1 aromatic heterocycles. The Balaban J connectivity index is 1.54. The van der Waals surface area contributed by atoms with Gasteiger partial charge in [0.2, 0.25) is 15.8 Å². The zero-order chi connectivity index (χ0) is 25.7. The molecule has 3 aromatic carbocycles. The molecule has 0 unspecified atom stereocenters. The van der Waals surface area contributed by atoms with E-state index in [1.807, 2.05) is 24.3 Å². The van der Waals surface area contributed by atoms with Crippen LogP contribution in [0.2, 0.25) is 0 Å². The van der Waals surface area contributed by atoms with Gasteiger partial charge in [-0.1, -0.05) is 44.2 Å². The molecule has 1 heterocycles. The van der Waals surface area contributed by atoms with Gasteiger partial charge in [-0.15, -0.1) is 0 Å². The van der Waals surface area contributed by atoms with Gasteiger partial charge in [-0.3, -0.25) is 9.59 Å². The van der Waals surface area contributed by atoms with Gasteiger partial charge in [0.15, 0.2) is 5.78 Å². The molecule has 0 aliphatic rings. The molecule has 0 aliphatic carbocycles. The molecule has 2 N–H and O–H groups in total. The number of furan rings is 1. The van der Waals surface area contributed by atoms with E-state index in [1.54, 1.807) is 44.2 Å². The Kier molecular flexibility index (Phi) is 7.52. The molecule has 0 saturated heterocycles. The number of Topliss-reactive ketones (excluding diaryl/α,β-unsaturated/α-hetero) is 1. The molecule has 8 nitrogen and oxygen atoms in total. The number of amides is 1. The second kappa shape index (κ2) is 10.8. The van der Waals surface area contributed by atoms with Crippen LogP contribution in [0.5, 0.6) is 0 Å². The molecule has 0 bridgehead atoms. The van der Waals surface area contributed by atoms with Crippen LogP contribution >= 0.6 is 0 Å². The summed E-state index contributed by atoms with van der Waals surface area (Å²) in [4.78, 5) is 26.0. The first-order chi connectivity index (χ1) is 17.3. The standard InChI is InChI=1S/C27H27N3O5S/c1-3-30(4-2)36(33,34)21-16-14-19(15-17-21)23(31)18-28-25-22-12-8-9-13-24(22)35-26(25)27(32)29-20-10-6-5-7-11-20/h5-17,28H,3-4,18H2,1-2H3,(H,29,32). The van der Waals surface area contributed by atoms with Crippen molar-refractivity contribution < 1.29 is 22.4 Å². The molecule has 1 amide bonds. The Morgan fingerprint density at radius 3 is 2.17 bits per heavy atom. The summed E-state index contributed by atoms with van der Waals surface area (Å²) in [7, 11) is -3.61. The molecule has 36 heavy (non-hydrogen) atoms. The minimum absolute atomic E-state index is 0.0634. The van der Waals surface area contributed by atoms with Gasteiger partial charge in [0.05, 0.1) is 17.1 Å². The van der Waals surface area contributed by atoms with E-state index in [9.17, 15) is 18.0 Å². The maximum absolute atomic E-state index is 13.0. The fraction of sp³-hybridized carbons (Fsp3) is 0.185. The number of hydrogen-bond acceptors (Lipinski definition) is 6. The Morgan fingerprint density at radius 1 is 0.861 bits per heavy atom. The number of nitrogens with one attached hydrogen (secondary N) is 2. The highest BCUT2D eigenvalue weighted by molar-refractivity contribution is 7.89. The predicted octanol–water partition coefficient (Wildman–Crippen LogP) is 5.01. The third-order valence-corrected chi connectivity index (χ3v) is 7.84. The lowest BCUT2D eigenvalue weighted by Crippen LogP contribution is -2.30. The molecule has 0 saturated carbocycles. The first-order valence-electron chi connectivity index (χ1n) is 11.6. The van der Waals surface area contributed by atoms with Gasteiger partial charge in [0.25, 0.3) is 5.91 Å². The van der Waals surface area contributed by atoms with Crippen LogP contribution in [-0.4, -0.2) is 44.0 Å². The minimum atomic E-state index is -3.61. The highest BCUT2D eigenvalue weighted by Crippen LogP contribution is 2.31. The van der Waals surface area contributed by atoms with Gasteiger partial charge in [-0.25, -0.2) is 8.42 Å². The second-order valence-corrected chi connectivity index (χ2v) is 9.95. The quantitative estimate of drug-likeness (QED) is 0.293. The largest absolute Gasteiger partial charge is 0.449 e. The Morgan fingerprint density at radius 2 is 1.50 bits per heavy atom. The molecule has 4 rings (SSSR count). The number of benzene rings is 3. The first kappa shape index (κ1) is 25.2. The van der Waals surface area contributed by atoms with Crippen molar-refractivity contribution in [3.8, 4) is 0 Å². The van der Waals surface area contributed by atoms with Crippen LogP contribution in [-0.2, 0) is 10.0 Å². The van der Waals surface area contributed by atoms with Gasteiger partial charge < -0.3 is 15.1 Å². The number of anilines is 2. The van der Waals surface area contributed by atoms with Crippen molar-refractivity contribution in [3.63, 3.8) is 0 Å². The summed E-state index contributed by atoms with van der Waals surface area (Å²) in [6.45, 7) is 4.17. The van der Waals surface area contributed by atoms with E-state index in [0.29, 0.717) is 41.0 Å². The third-order valence-electron chi connectivity index (χ3n) is 5.78. The van der Waals surface area contributed by atoms with Crippen molar-refractivity contribution in [1.82, 2.24) is 4.31 Å². The topological polar surface area (TPSA) is 109 Å². The molecule has 0 spiro atoms. The van der Waals surface area contributed by atoms with E-state index in [4.69, 9.17) is 4.42 Å². The molecule has 0 atom stereocenters. The number of sulfonamides is 1. The molecule has 4 aromatic rings. The normalized spacial score (nSPS) is 11.5. The zero-order valence-electron chi connectivity index (χ0n) is 20.0. The van der Waals surface area contributed by atoms with Gasteiger partial charge >= 0.3 is 0 Å². The van der Waals surface area contributed by atoms with Crippen molar-refractivity contribution in [2.75, 3.05) is 30.3 Å². The highest BCUT2D eigenvalue weighted by Gasteiger charge is 2.23. The van der Waals surface area contributed by atoms with Gasteiger partial charge in [0, 0.05) is 29.7 Å². The highest BCUT2D eigenvalue weighted by atomic mass is 32.2. The van der Waals surface area contributed by atoms with Crippen LogP contribution < -0.4 is 10.6 Å². The van der Waals surface area contributed by atoms with Crippen molar-refractivity contribution in [1.29, 1.82) is 0 Å². The number of hydrogen-bond donors (Lipinski definition) is 2. The van der Waals surface area contributed by atoms with Crippen LogP contribution in [0.4, 0.5) is 11.4 Å². The monoisotopic (exact) mass is 505 g/mol. The number of carbonyl (C=O) groups is 2. The fourth-order valence-corrected chi connectivity index (χ4v) is 5.34. The lowest BCUT2D eigenvalue weighted by molar-refractivity contribution is 0.0991. The van der Waals surface area contributed by atoms with E-state index in [1.165, 1.54) is 28.6 Å². The average molecular weight is 506 g/mol. The summed E-state index contributed by atoms with van der Waals surface area (Å²) >= 11 is 0. The Bertz CT molecular complexity index is 1480. The number of para-hydroxylation sites is 2. The fourth-order valence-electron chi connectivity index (χ4n) is 3.89. The van der Waals surface area contributed by atoms with E-state index >= 15 is 0 Å². The van der Waals surface area contributed by atoms with Crippen molar-refractivity contribution in [2.24, 2.45) is 0 Å². The molecule has 0 fully saturated rings. The molecule has 9 heteroatoms. The van der Waals surface area contributed by atoms with Crippen LogP contribution in [0.1, 0.15) is 34.8 Å². The molecule has 0 aliphatic heterocycles. The SMILES string of the molecule is CCN(CC)S(=O)(=O)c1ccc(C(=O)CNc2c(C(=O)Nc3ccccc3)oc3ccccc23)cc1. The number of ketones is 1. The predicted molar refractivity (Wildman–Crippen MR) is 140 cm³/mol. The van der Waals surface area contributed by atoms with Gasteiger partial charge in [-0.05, 0) is 48.5 Å². The summed E-state index contributed by atoms with van der Waals surface area (Å²) in [5.41, 5.74) is 1.89. The smallest absolute Gasteiger partial charge is 0.293 e. The maximum atomic E-state index is 13.0. The summed E-state index contributed by atoms with van der Waals surface area (Å²) in [6.07, 6.45) is 0. The zero-order valence-corrected chi connectivity index (χ0v) is 20.8. The summed E-state index contributed by atoms with van der Waals surface area (Å²) in [6, 6.07) is 22.0. The van der Waals surface area contributed by atoms with Crippen molar-refractivity contribution in [3.05, 3.63) is 90.2 Å². The molecule has 0 radical (unpaired) electrons. The van der Waals surface area contributed by atoms with Gasteiger partial charge in [-0.2, -0.15) is 4.31 Å². The van der Waals surface area contributed by atoms with Crippen LogP contribution in [0.25, 0.3) is 11.0 Å². The second-order valence-electron chi connectivity index (χ2n) is 8.01. The molecular formula is C27H27N3O5S. The Hall–Kier alpha value is -3.95. The minimum Gasteiger partial charge on any atom is -0.449 e. The summed E-state index contributed by atoms with van der Waals surface area (Å²) < 4.78 is 32.6. The third kappa shape index (κ3) is 5.17. The summed E-state index contributed by atoms with van der Waals surface area (Å²) in [5, 5.41) is 6.52. The number of rotatable bonds is 10. The van der Waals surface area contributed by atoms with Crippen LogP contribution in [0.15, 0.2) is 88.2 Å². The van der Waals surface area contributed by atoms with E-state index < -0.39 is 15.9 Å². The van der Waals surface area contributed by atoms with Crippen LogP contribution in [0.3, 0.4) is 0 Å². The van der Waals surface area contributed by atoms with Crippen molar-refractivity contribution >= 4 is 44.1 Å². The number of fused-ring (bicyclic) bond motifs is 1. The molecule has 186 valence electrons. The van der Waals surface area contributed by atoms with E-state index in [-0.39, 0.29) is 23.0 Å². The average Bonchev–Trinajstić information content (AvgIpc) is 3.27.